The van der Waals surface area contributed by atoms with Gasteiger partial charge in [-0.3, -0.25) is 14.5 Å². The molecule has 1 unspecified atom stereocenters. The molecule has 8 heteroatoms. The molecule has 0 bridgehead atoms. The van der Waals surface area contributed by atoms with Crippen LogP contribution in [0.3, 0.4) is 0 Å². The van der Waals surface area contributed by atoms with Gasteiger partial charge in [0.1, 0.15) is 24.7 Å². The van der Waals surface area contributed by atoms with Crippen LogP contribution in [-0.2, 0) is 16.0 Å². The van der Waals surface area contributed by atoms with Gasteiger partial charge in [-0.15, -0.1) is 0 Å². The Kier molecular flexibility index (Phi) is 6.33. The molecule has 2 aliphatic rings. The molecular weight excluding hydrogens is 482 g/mol. The highest BCUT2D eigenvalue weighted by Gasteiger charge is 2.47. The number of Topliss-reactive ketones (excluding diaryl/α,β-unsaturated/α-hetero) is 1. The van der Waals surface area contributed by atoms with Crippen LogP contribution >= 0.6 is 11.6 Å². The molecule has 0 radical (unpaired) electrons. The third kappa shape index (κ3) is 4.05. The van der Waals surface area contributed by atoms with Crippen molar-refractivity contribution in [2.75, 3.05) is 25.2 Å². The zero-order valence-electron chi connectivity index (χ0n) is 19.8. The summed E-state index contributed by atoms with van der Waals surface area (Å²) in [6.45, 7) is 2.86. The average Bonchev–Trinajstić information content (AvgIpc) is 3.18. The molecule has 1 N–H and O–H groups in total. The number of hydrogen-bond acceptors (Lipinski definition) is 6. The number of amides is 1. The molecule has 1 atom stereocenters. The Hall–Kier alpha value is -3.97. The number of aliphatic hydroxyl groups is 1. The second-order valence-corrected chi connectivity index (χ2v) is 8.85. The summed E-state index contributed by atoms with van der Waals surface area (Å²) < 4.78 is 16.6. The van der Waals surface area contributed by atoms with Crippen molar-refractivity contribution in [1.82, 2.24) is 0 Å². The molecule has 5 rings (SSSR count). The van der Waals surface area contributed by atoms with Crippen molar-refractivity contribution in [1.29, 1.82) is 0 Å². The second-order valence-electron chi connectivity index (χ2n) is 8.44. The fourth-order valence-corrected chi connectivity index (χ4v) is 4.70. The Morgan fingerprint density at radius 1 is 1.03 bits per heavy atom. The van der Waals surface area contributed by atoms with E-state index in [1.54, 1.807) is 30.3 Å². The van der Waals surface area contributed by atoms with Crippen molar-refractivity contribution in [2.45, 2.75) is 19.4 Å². The lowest BCUT2D eigenvalue weighted by atomic mass is 9.94. The normalized spacial score (nSPS) is 18.4. The molecule has 3 aromatic rings. The number of aryl methyl sites for hydroxylation is 1. The van der Waals surface area contributed by atoms with Crippen LogP contribution in [0.15, 0.2) is 66.2 Å². The lowest BCUT2D eigenvalue weighted by Gasteiger charge is -2.27. The van der Waals surface area contributed by atoms with Crippen LogP contribution in [0.5, 0.6) is 17.2 Å². The molecule has 36 heavy (non-hydrogen) atoms. The molecule has 1 saturated heterocycles. The highest BCUT2D eigenvalue weighted by Crippen LogP contribution is 2.45. The first-order valence-corrected chi connectivity index (χ1v) is 11.9. The van der Waals surface area contributed by atoms with E-state index in [9.17, 15) is 14.7 Å². The summed E-state index contributed by atoms with van der Waals surface area (Å²) in [6.07, 6.45) is 0.835. The monoisotopic (exact) mass is 505 g/mol. The van der Waals surface area contributed by atoms with Gasteiger partial charge < -0.3 is 19.3 Å². The van der Waals surface area contributed by atoms with Gasteiger partial charge >= 0.3 is 0 Å². The molecule has 1 amide bonds. The van der Waals surface area contributed by atoms with Gasteiger partial charge in [0.15, 0.2) is 11.5 Å². The Morgan fingerprint density at radius 3 is 2.44 bits per heavy atom. The number of rotatable bonds is 5. The molecule has 2 aliphatic heterocycles. The van der Waals surface area contributed by atoms with Gasteiger partial charge in [-0.1, -0.05) is 42.8 Å². The van der Waals surface area contributed by atoms with E-state index in [1.807, 2.05) is 31.2 Å². The number of ether oxygens (including phenoxy) is 3. The third-order valence-corrected chi connectivity index (χ3v) is 6.71. The lowest BCUT2D eigenvalue weighted by molar-refractivity contribution is -0.132. The largest absolute Gasteiger partial charge is 0.507 e. The van der Waals surface area contributed by atoms with Crippen LogP contribution in [0.4, 0.5) is 5.69 Å². The van der Waals surface area contributed by atoms with Gasteiger partial charge in [0.05, 0.1) is 23.7 Å². The topological polar surface area (TPSA) is 85.3 Å². The maximum absolute atomic E-state index is 13.4. The van der Waals surface area contributed by atoms with Crippen molar-refractivity contribution in [3.05, 3.63) is 87.9 Å². The fourth-order valence-electron chi connectivity index (χ4n) is 4.49. The van der Waals surface area contributed by atoms with Crippen molar-refractivity contribution in [3.8, 4) is 17.2 Å². The summed E-state index contributed by atoms with van der Waals surface area (Å²) in [5.74, 6) is -0.458. The zero-order valence-corrected chi connectivity index (χ0v) is 20.5. The summed E-state index contributed by atoms with van der Waals surface area (Å²) in [5, 5.41) is 11.6. The number of fused-ring (bicyclic) bond motifs is 1. The number of hydrogen-bond donors (Lipinski definition) is 1. The first-order chi connectivity index (χ1) is 17.4. The molecular formula is C28H24ClNO6. The van der Waals surface area contributed by atoms with Crippen molar-refractivity contribution < 1.29 is 28.9 Å². The van der Waals surface area contributed by atoms with E-state index < -0.39 is 17.7 Å². The Labute approximate surface area is 213 Å². The summed E-state index contributed by atoms with van der Waals surface area (Å²) in [5.41, 5.74) is 2.36. The molecule has 1 fully saturated rings. The Balaban J connectivity index is 1.71. The summed E-state index contributed by atoms with van der Waals surface area (Å²) >= 11 is 6.39. The van der Waals surface area contributed by atoms with Crippen LogP contribution in [0.2, 0.25) is 5.02 Å². The van der Waals surface area contributed by atoms with Crippen LogP contribution in [-0.4, -0.2) is 37.1 Å². The Bertz CT molecular complexity index is 1380. The van der Waals surface area contributed by atoms with Gasteiger partial charge in [-0.2, -0.15) is 0 Å². The van der Waals surface area contributed by atoms with Gasteiger partial charge in [0, 0.05) is 17.3 Å². The standard InChI is InChI=1S/C28H24ClNO6/c1-3-16-4-6-17(7-5-16)25-24(26(31)20-15-19(34-2)9-10-21(20)29)27(32)28(33)30(25)18-8-11-22-23(14-18)36-13-12-35-22/h4-11,14-15,25,31H,3,12-13H2,1-2H3/b26-24+. The molecule has 7 nitrogen and oxygen atoms in total. The van der Waals surface area contributed by atoms with E-state index in [-0.39, 0.29) is 21.9 Å². The zero-order chi connectivity index (χ0) is 25.4. The third-order valence-electron chi connectivity index (χ3n) is 6.38. The lowest BCUT2D eigenvalue weighted by Crippen LogP contribution is -2.29. The fraction of sp³-hybridized carbons (Fsp3) is 0.214. The van der Waals surface area contributed by atoms with E-state index >= 15 is 0 Å². The number of nitrogens with zero attached hydrogens (tertiary/aromatic N) is 1. The van der Waals surface area contributed by atoms with Crippen molar-refractivity contribution in [3.63, 3.8) is 0 Å². The highest BCUT2D eigenvalue weighted by molar-refractivity contribution is 6.52. The number of carbonyl (C=O) groups is 2. The predicted octanol–water partition coefficient (Wildman–Crippen LogP) is 5.31. The minimum Gasteiger partial charge on any atom is -0.507 e. The number of halogens is 1. The first-order valence-electron chi connectivity index (χ1n) is 11.6. The summed E-state index contributed by atoms with van der Waals surface area (Å²) in [7, 11) is 1.49. The molecule has 0 saturated carbocycles. The van der Waals surface area contributed by atoms with Crippen molar-refractivity contribution in [2.24, 2.45) is 0 Å². The van der Waals surface area contributed by atoms with Crippen LogP contribution < -0.4 is 19.1 Å². The van der Waals surface area contributed by atoms with Crippen LogP contribution in [0, 0.1) is 0 Å². The van der Waals surface area contributed by atoms with Gasteiger partial charge in [0.2, 0.25) is 0 Å². The van der Waals surface area contributed by atoms with Crippen molar-refractivity contribution >= 4 is 34.7 Å². The highest BCUT2D eigenvalue weighted by atomic mass is 35.5. The van der Waals surface area contributed by atoms with Crippen LogP contribution in [0.25, 0.3) is 5.76 Å². The van der Waals surface area contributed by atoms with Crippen LogP contribution in [0.1, 0.15) is 29.7 Å². The predicted molar refractivity (Wildman–Crippen MR) is 136 cm³/mol. The molecule has 0 aromatic heterocycles. The van der Waals surface area contributed by atoms with Gasteiger partial charge in [-0.25, -0.2) is 0 Å². The van der Waals surface area contributed by atoms with E-state index in [2.05, 4.69) is 0 Å². The number of ketones is 1. The minimum absolute atomic E-state index is 0.0608. The Morgan fingerprint density at radius 2 is 1.75 bits per heavy atom. The maximum Gasteiger partial charge on any atom is 0.300 e. The minimum atomic E-state index is -0.888. The summed E-state index contributed by atoms with van der Waals surface area (Å²) in [6, 6.07) is 16.5. The first kappa shape index (κ1) is 23.8. The number of aliphatic hydroxyl groups excluding tert-OH is 1. The van der Waals surface area contributed by atoms with Gasteiger partial charge in [0.25, 0.3) is 11.7 Å². The molecule has 184 valence electrons. The molecule has 3 aromatic carbocycles. The SMILES string of the molecule is CCc1ccc(C2/C(=C(\O)c3cc(OC)ccc3Cl)C(=O)C(=O)N2c2ccc3c(c2)OCCO3)cc1. The maximum atomic E-state index is 13.4. The average molecular weight is 506 g/mol. The number of carbonyl (C=O) groups excluding carboxylic acids is 2. The second kappa shape index (κ2) is 9.59. The molecule has 2 heterocycles. The quantitative estimate of drug-likeness (QED) is 0.287. The summed E-state index contributed by atoms with van der Waals surface area (Å²) in [4.78, 5) is 28.2. The molecule has 0 spiro atoms. The van der Waals surface area contributed by atoms with E-state index in [0.29, 0.717) is 41.7 Å². The van der Waals surface area contributed by atoms with E-state index in [0.717, 1.165) is 12.0 Å². The number of methoxy groups -OCH3 is 1. The number of benzene rings is 3. The molecule has 0 aliphatic carbocycles. The van der Waals surface area contributed by atoms with E-state index in [4.69, 9.17) is 25.8 Å². The van der Waals surface area contributed by atoms with E-state index in [1.165, 1.54) is 18.1 Å². The van der Waals surface area contributed by atoms with Gasteiger partial charge in [-0.05, 0) is 47.9 Å². The number of anilines is 1. The smallest absolute Gasteiger partial charge is 0.300 e.